The highest BCUT2D eigenvalue weighted by atomic mass is 35.5. The van der Waals surface area contributed by atoms with Crippen LogP contribution >= 0.6 is 11.6 Å². The summed E-state index contributed by atoms with van der Waals surface area (Å²) in [6, 6.07) is 4.56. The van der Waals surface area contributed by atoms with Crippen molar-refractivity contribution in [1.29, 1.82) is 0 Å². The lowest BCUT2D eigenvalue weighted by Crippen LogP contribution is -2.41. The highest BCUT2D eigenvalue weighted by Crippen LogP contribution is 2.36. The predicted molar refractivity (Wildman–Crippen MR) is 80.2 cm³/mol. The Morgan fingerprint density at radius 2 is 1.67 bits per heavy atom. The van der Waals surface area contributed by atoms with Crippen molar-refractivity contribution in [3.8, 4) is 0 Å². The molecule has 0 unspecified atom stereocenters. The summed E-state index contributed by atoms with van der Waals surface area (Å²) in [4.78, 5) is 0. The number of aromatic nitrogens is 2. The van der Waals surface area contributed by atoms with E-state index in [4.69, 9.17) is 20.9 Å². The van der Waals surface area contributed by atoms with Gasteiger partial charge in [0.15, 0.2) is 5.15 Å². The van der Waals surface area contributed by atoms with Crippen molar-refractivity contribution in [3.63, 3.8) is 0 Å². The zero-order chi connectivity index (χ0) is 15.4. The molecule has 1 aliphatic rings. The monoisotopic (exact) mass is 308 g/mol. The van der Waals surface area contributed by atoms with Crippen LogP contribution in [0.1, 0.15) is 27.7 Å². The molecule has 110 valence electrons. The van der Waals surface area contributed by atoms with E-state index in [1.165, 1.54) is 12.1 Å². The number of fused-ring (bicyclic) bond motifs is 1. The van der Waals surface area contributed by atoms with Gasteiger partial charge in [0, 0.05) is 5.39 Å². The van der Waals surface area contributed by atoms with Gasteiger partial charge >= 0.3 is 7.12 Å². The van der Waals surface area contributed by atoms with E-state index in [-0.39, 0.29) is 5.15 Å². The molecule has 1 aromatic heterocycles. The van der Waals surface area contributed by atoms with E-state index < -0.39 is 24.1 Å². The predicted octanol–water partition coefficient (Wildman–Crippen LogP) is 2.72. The third-order valence-corrected chi connectivity index (χ3v) is 4.36. The van der Waals surface area contributed by atoms with Gasteiger partial charge in [0.05, 0.1) is 16.7 Å². The van der Waals surface area contributed by atoms with Gasteiger partial charge < -0.3 is 9.31 Å². The fourth-order valence-corrected chi connectivity index (χ4v) is 2.36. The molecule has 4 nitrogen and oxygen atoms in total. The van der Waals surface area contributed by atoms with Gasteiger partial charge in [0.2, 0.25) is 0 Å². The molecule has 2 aromatic rings. The third kappa shape index (κ3) is 2.41. The van der Waals surface area contributed by atoms with E-state index >= 15 is 0 Å². The Bertz CT molecular complexity index is 707. The van der Waals surface area contributed by atoms with E-state index in [0.717, 1.165) is 0 Å². The summed E-state index contributed by atoms with van der Waals surface area (Å²) in [7, 11) is -0.633. The highest BCUT2D eigenvalue weighted by molar-refractivity contribution is 6.62. The number of rotatable bonds is 1. The van der Waals surface area contributed by atoms with E-state index in [1.54, 1.807) is 6.07 Å². The van der Waals surface area contributed by atoms with Crippen molar-refractivity contribution in [3.05, 3.63) is 29.2 Å². The van der Waals surface area contributed by atoms with E-state index in [2.05, 4.69) is 10.2 Å². The van der Waals surface area contributed by atoms with Gasteiger partial charge in [-0.2, -0.15) is 0 Å². The molecule has 0 radical (unpaired) electrons. The van der Waals surface area contributed by atoms with Crippen molar-refractivity contribution in [2.75, 3.05) is 0 Å². The fourth-order valence-electron chi connectivity index (χ4n) is 2.21. The number of hydrogen-bond donors (Lipinski definition) is 0. The number of nitrogens with zero attached hydrogens (tertiary/aromatic N) is 2. The first kappa shape index (κ1) is 14.7. The summed E-state index contributed by atoms with van der Waals surface area (Å²) < 4.78 is 26.1. The molecule has 1 aromatic carbocycles. The molecule has 0 spiro atoms. The zero-order valence-electron chi connectivity index (χ0n) is 12.3. The minimum atomic E-state index is -0.633. The fraction of sp³-hybridized carbons (Fsp3) is 0.429. The second kappa shape index (κ2) is 4.63. The Morgan fingerprint density at radius 1 is 1.05 bits per heavy atom. The van der Waals surface area contributed by atoms with Gasteiger partial charge in [-0.05, 0) is 51.4 Å². The normalized spacial score (nSPS) is 20.2. The standard InChI is InChI=1S/C14H15BClFN2O2/c1-13(2)14(3,4)21-15(20-13)8-5-10(17)9-7-12(16)19-18-11(9)6-8/h5-7H,1-4H3. The van der Waals surface area contributed by atoms with Crippen molar-refractivity contribution in [1.82, 2.24) is 10.2 Å². The van der Waals surface area contributed by atoms with Crippen LogP contribution in [-0.4, -0.2) is 28.5 Å². The maximum absolute atomic E-state index is 14.2. The maximum atomic E-state index is 14.2. The Labute approximate surface area is 127 Å². The molecule has 3 rings (SSSR count). The van der Waals surface area contributed by atoms with Crippen LogP contribution in [-0.2, 0) is 9.31 Å². The molecule has 0 saturated carbocycles. The molecule has 0 N–H and O–H groups in total. The second-order valence-electron chi connectivity index (χ2n) is 6.19. The summed E-state index contributed by atoms with van der Waals surface area (Å²) in [6.07, 6.45) is 0. The number of hydrogen-bond acceptors (Lipinski definition) is 4. The van der Waals surface area contributed by atoms with Gasteiger partial charge in [-0.25, -0.2) is 4.39 Å². The summed E-state index contributed by atoms with van der Waals surface area (Å²) in [5, 5.41) is 8.14. The molecule has 1 fully saturated rings. The second-order valence-corrected chi connectivity index (χ2v) is 6.58. The summed E-state index contributed by atoms with van der Waals surface area (Å²) in [6.45, 7) is 7.79. The van der Waals surface area contributed by atoms with Crippen LogP contribution in [0.2, 0.25) is 5.15 Å². The van der Waals surface area contributed by atoms with Crippen molar-refractivity contribution in [2.45, 2.75) is 38.9 Å². The molecule has 0 bridgehead atoms. The minimum absolute atomic E-state index is 0.157. The van der Waals surface area contributed by atoms with Crippen LogP contribution in [0.3, 0.4) is 0 Å². The minimum Gasteiger partial charge on any atom is -0.399 e. The van der Waals surface area contributed by atoms with Crippen molar-refractivity contribution in [2.24, 2.45) is 0 Å². The summed E-state index contributed by atoms with van der Waals surface area (Å²) in [5.74, 6) is -0.422. The van der Waals surface area contributed by atoms with Crippen LogP contribution in [0.5, 0.6) is 0 Å². The molecule has 1 aliphatic heterocycles. The summed E-state index contributed by atoms with van der Waals surface area (Å²) >= 11 is 5.74. The lowest BCUT2D eigenvalue weighted by molar-refractivity contribution is 0.00578. The molecular weight excluding hydrogens is 293 g/mol. The first-order chi connectivity index (χ1) is 9.69. The number of halogens is 2. The largest absolute Gasteiger partial charge is 0.495 e. The smallest absolute Gasteiger partial charge is 0.399 e. The average molecular weight is 309 g/mol. The Balaban J connectivity index is 2.05. The molecular formula is C14H15BClFN2O2. The number of benzene rings is 1. The SMILES string of the molecule is CC1(C)OB(c2cc(F)c3cc(Cl)nnc3c2)OC1(C)C. The van der Waals surface area contributed by atoms with E-state index in [9.17, 15) is 4.39 Å². The molecule has 1 saturated heterocycles. The first-order valence-corrected chi connectivity index (χ1v) is 7.05. The van der Waals surface area contributed by atoms with Crippen molar-refractivity contribution < 1.29 is 13.7 Å². The zero-order valence-corrected chi connectivity index (χ0v) is 13.0. The van der Waals surface area contributed by atoms with Gasteiger partial charge in [0.1, 0.15) is 5.82 Å². The maximum Gasteiger partial charge on any atom is 0.495 e. The van der Waals surface area contributed by atoms with Crippen LogP contribution in [0, 0.1) is 5.82 Å². The van der Waals surface area contributed by atoms with Gasteiger partial charge in [-0.3, -0.25) is 0 Å². The molecule has 2 heterocycles. The molecule has 21 heavy (non-hydrogen) atoms. The summed E-state index contributed by atoms with van der Waals surface area (Å²) in [5.41, 5.74) is 0.0446. The quantitative estimate of drug-likeness (QED) is 0.760. The lowest BCUT2D eigenvalue weighted by atomic mass is 9.78. The Kier molecular flexibility index (Phi) is 3.24. The molecule has 0 aliphatic carbocycles. The Morgan fingerprint density at radius 3 is 2.29 bits per heavy atom. The molecule has 0 amide bonds. The topological polar surface area (TPSA) is 44.2 Å². The lowest BCUT2D eigenvalue weighted by Gasteiger charge is -2.32. The van der Waals surface area contributed by atoms with Gasteiger partial charge in [-0.1, -0.05) is 11.6 Å². The van der Waals surface area contributed by atoms with E-state index in [0.29, 0.717) is 16.4 Å². The highest BCUT2D eigenvalue weighted by Gasteiger charge is 2.51. The van der Waals surface area contributed by atoms with Gasteiger partial charge in [-0.15, -0.1) is 10.2 Å². The van der Waals surface area contributed by atoms with Crippen LogP contribution in [0.15, 0.2) is 18.2 Å². The first-order valence-electron chi connectivity index (χ1n) is 6.68. The average Bonchev–Trinajstić information content (AvgIpc) is 2.59. The van der Waals surface area contributed by atoms with E-state index in [1.807, 2.05) is 27.7 Å². The van der Waals surface area contributed by atoms with Gasteiger partial charge in [0.25, 0.3) is 0 Å². The van der Waals surface area contributed by atoms with Crippen molar-refractivity contribution >= 4 is 35.1 Å². The van der Waals surface area contributed by atoms with Crippen LogP contribution in [0.25, 0.3) is 10.9 Å². The Hall–Kier alpha value is -1.24. The van der Waals surface area contributed by atoms with Crippen LogP contribution in [0.4, 0.5) is 4.39 Å². The molecule has 0 atom stereocenters. The molecule has 7 heteroatoms. The van der Waals surface area contributed by atoms with Crippen LogP contribution < -0.4 is 5.46 Å². The third-order valence-electron chi connectivity index (χ3n) is 4.17.